The lowest BCUT2D eigenvalue weighted by Crippen LogP contribution is -2.25. The Labute approximate surface area is 132 Å². The van der Waals surface area contributed by atoms with Gasteiger partial charge in [-0.3, -0.25) is 9.59 Å². The Morgan fingerprint density at radius 2 is 1.73 bits per heavy atom. The molecular formula is C18H25NO3. The molecule has 0 fully saturated rings. The first-order chi connectivity index (χ1) is 10.6. The zero-order valence-corrected chi connectivity index (χ0v) is 13.6. The smallest absolute Gasteiger partial charge is 0.305 e. The third kappa shape index (κ3) is 6.12. The summed E-state index contributed by atoms with van der Waals surface area (Å²) >= 11 is 0. The average molecular weight is 303 g/mol. The summed E-state index contributed by atoms with van der Waals surface area (Å²) in [6.07, 6.45) is 2.99. The molecular weight excluding hydrogens is 278 g/mol. The first-order valence-corrected chi connectivity index (χ1v) is 7.64. The summed E-state index contributed by atoms with van der Waals surface area (Å²) in [4.78, 5) is 23.1. The molecule has 0 unspecified atom stereocenters. The highest BCUT2D eigenvalue weighted by Gasteiger charge is 2.08. The third-order valence-corrected chi connectivity index (χ3v) is 3.68. The first kappa shape index (κ1) is 18.0. The molecule has 0 aliphatic heterocycles. The van der Waals surface area contributed by atoms with E-state index < -0.39 is 0 Å². The minimum atomic E-state index is -0.179. The van der Waals surface area contributed by atoms with Gasteiger partial charge in [0.1, 0.15) is 0 Å². The second-order valence-corrected chi connectivity index (χ2v) is 5.26. The van der Waals surface area contributed by atoms with E-state index in [-0.39, 0.29) is 11.9 Å². The summed E-state index contributed by atoms with van der Waals surface area (Å²) in [7, 11) is 1.40. The van der Waals surface area contributed by atoms with Crippen molar-refractivity contribution in [2.45, 2.75) is 39.5 Å². The zero-order chi connectivity index (χ0) is 16.4. The van der Waals surface area contributed by atoms with Crippen LogP contribution in [0.5, 0.6) is 0 Å². The molecule has 1 aromatic rings. The normalized spacial score (nSPS) is 11.6. The van der Waals surface area contributed by atoms with Gasteiger partial charge in [0.15, 0.2) is 0 Å². The number of esters is 1. The van der Waals surface area contributed by atoms with E-state index in [2.05, 4.69) is 10.1 Å². The molecule has 0 heterocycles. The highest BCUT2D eigenvalue weighted by molar-refractivity contribution is 6.00. The van der Waals surface area contributed by atoms with Crippen LogP contribution in [-0.2, 0) is 14.3 Å². The fourth-order valence-electron chi connectivity index (χ4n) is 2.08. The van der Waals surface area contributed by atoms with Crippen molar-refractivity contribution < 1.29 is 14.3 Å². The molecule has 0 saturated carbocycles. The predicted molar refractivity (Wildman–Crippen MR) is 88.2 cm³/mol. The number of carbonyl (C=O) groups excluding carboxylic acids is 2. The second-order valence-electron chi connectivity index (χ2n) is 5.26. The molecule has 4 nitrogen and oxygen atoms in total. The zero-order valence-electron chi connectivity index (χ0n) is 13.6. The van der Waals surface area contributed by atoms with Gasteiger partial charge in [-0.15, -0.1) is 0 Å². The van der Waals surface area contributed by atoms with Crippen molar-refractivity contribution in [3.63, 3.8) is 0 Å². The van der Waals surface area contributed by atoms with Crippen LogP contribution in [0.3, 0.4) is 0 Å². The number of methoxy groups -OCH3 is 1. The number of hydrogen-bond acceptors (Lipinski definition) is 3. The van der Waals surface area contributed by atoms with Crippen molar-refractivity contribution in [1.82, 2.24) is 5.32 Å². The Balaban J connectivity index is 2.34. The molecule has 0 aliphatic rings. The largest absolute Gasteiger partial charge is 0.469 e. The van der Waals surface area contributed by atoms with Crippen LogP contribution in [0.25, 0.3) is 5.57 Å². The SMILES string of the molecule is COC(=O)CCCCCNC(=O)/C(C)=C(\C)c1ccccc1. The van der Waals surface area contributed by atoms with Gasteiger partial charge in [-0.25, -0.2) is 0 Å². The predicted octanol–water partition coefficient (Wildman–Crippen LogP) is 3.33. The molecule has 0 spiro atoms. The van der Waals surface area contributed by atoms with E-state index in [0.717, 1.165) is 36.0 Å². The Hall–Kier alpha value is -2.10. The van der Waals surface area contributed by atoms with Gasteiger partial charge < -0.3 is 10.1 Å². The van der Waals surface area contributed by atoms with Crippen molar-refractivity contribution in [2.24, 2.45) is 0 Å². The van der Waals surface area contributed by atoms with Crippen LogP contribution in [0, 0.1) is 0 Å². The molecule has 22 heavy (non-hydrogen) atoms. The van der Waals surface area contributed by atoms with Crippen LogP contribution in [0.2, 0.25) is 0 Å². The minimum Gasteiger partial charge on any atom is -0.469 e. The van der Waals surface area contributed by atoms with Crippen molar-refractivity contribution in [2.75, 3.05) is 13.7 Å². The summed E-state index contributed by atoms with van der Waals surface area (Å²) < 4.78 is 4.58. The molecule has 120 valence electrons. The number of ether oxygens (including phenoxy) is 1. The number of carbonyl (C=O) groups is 2. The summed E-state index contributed by atoms with van der Waals surface area (Å²) in [6, 6.07) is 9.88. The maximum atomic E-state index is 12.1. The Morgan fingerprint density at radius 3 is 2.36 bits per heavy atom. The molecule has 1 N–H and O–H groups in total. The van der Waals surface area contributed by atoms with Gasteiger partial charge in [-0.05, 0) is 37.8 Å². The van der Waals surface area contributed by atoms with Crippen LogP contribution in [0.1, 0.15) is 45.1 Å². The molecule has 1 aromatic carbocycles. The van der Waals surface area contributed by atoms with Crippen molar-refractivity contribution in [3.05, 3.63) is 41.5 Å². The van der Waals surface area contributed by atoms with Crippen LogP contribution in [0.15, 0.2) is 35.9 Å². The minimum absolute atomic E-state index is 0.0330. The average Bonchev–Trinajstić information content (AvgIpc) is 2.56. The second kappa shape index (κ2) is 9.77. The van der Waals surface area contributed by atoms with Gasteiger partial charge >= 0.3 is 5.97 Å². The number of rotatable bonds is 8. The van der Waals surface area contributed by atoms with Crippen molar-refractivity contribution in [1.29, 1.82) is 0 Å². The lowest BCUT2D eigenvalue weighted by molar-refractivity contribution is -0.140. The lowest BCUT2D eigenvalue weighted by Gasteiger charge is -2.09. The maximum Gasteiger partial charge on any atom is 0.305 e. The van der Waals surface area contributed by atoms with Gasteiger partial charge in [-0.2, -0.15) is 0 Å². The van der Waals surface area contributed by atoms with E-state index in [1.165, 1.54) is 7.11 Å². The molecule has 0 aliphatic carbocycles. The number of hydrogen-bond donors (Lipinski definition) is 1. The molecule has 0 aromatic heterocycles. The molecule has 0 atom stereocenters. The molecule has 1 rings (SSSR count). The maximum absolute atomic E-state index is 12.1. The van der Waals surface area contributed by atoms with E-state index in [4.69, 9.17) is 0 Å². The third-order valence-electron chi connectivity index (χ3n) is 3.68. The van der Waals surface area contributed by atoms with Crippen LogP contribution in [0.4, 0.5) is 0 Å². The topological polar surface area (TPSA) is 55.4 Å². The highest BCUT2D eigenvalue weighted by Crippen LogP contribution is 2.17. The quantitative estimate of drug-likeness (QED) is 0.455. The molecule has 0 radical (unpaired) electrons. The standard InChI is InChI=1S/C18H25NO3/c1-14(16-10-6-4-7-11-16)15(2)18(21)19-13-9-5-8-12-17(20)22-3/h4,6-7,10-11H,5,8-9,12-13H2,1-3H3,(H,19,21)/b15-14+. The van der Waals surface area contributed by atoms with Crippen molar-refractivity contribution in [3.8, 4) is 0 Å². The number of amides is 1. The highest BCUT2D eigenvalue weighted by atomic mass is 16.5. The summed E-state index contributed by atoms with van der Waals surface area (Å²) in [6.45, 7) is 4.43. The van der Waals surface area contributed by atoms with Crippen LogP contribution < -0.4 is 5.32 Å². The van der Waals surface area contributed by atoms with E-state index in [1.807, 2.05) is 44.2 Å². The van der Waals surface area contributed by atoms with Crippen molar-refractivity contribution >= 4 is 17.4 Å². The summed E-state index contributed by atoms with van der Waals surface area (Å²) in [5, 5.41) is 2.92. The molecule has 1 amide bonds. The molecule has 0 saturated heterocycles. The molecule has 4 heteroatoms. The van der Waals surface area contributed by atoms with E-state index >= 15 is 0 Å². The summed E-state index contributed by atoms with van der Waals surface area (Å²) in [5.74, 6) is -0.212. The number of allylic oxidation sites excluding steroid dienone is 1. The van der Waals surface area contributed by atoms with Crippen LogP contribution in [-0.4, -0.2) is 25.5 Å². The van der Waals surface area contributed by atoms with Gasteiger partial charge in [0, 0.05) is 18.5 Å². The van der Waals surface area contributed by atoms with Crippen LogP contribution >= 0.6 is 0 Å². The first-order valence-electron chi connectivity index (χ1n) is 7.64. The Morgan fingerprint density at radius 1 is 1.05 bits per heavy atom. The Kier molecular flexibility index (Phi) is 7.97. The van der Waals surface area contributed by atoms with E-state index in [0.29, 0.717) is 13.0 Å². The fourth-order valence-corrected chi connectivity index (χ4v) is 2.08. The summed E-state index contributed by atoms with van der Waals surface area (Å²) in [5.41, 5.74) is 2.79. The van der Waals surface area contributed by atoms with Gasteiger partial charge in [0.05, 0.1) is 7.11 Å². The van der Waals surface area contributed by atoms with Gasteiger partial charge in [0.25, 0.3) is 0 Å². The van der Waals surface area contributed by atoms with Gasteiger partial charge in [0.2, 0.25) is 5.91 Å². The fraction of sp³-hybridized carbons (Fsp3) is 0.444. The number of nitrogens with one attached hydrogen (secondary N) is 1. The lowest BCUT2D eigenvalue weighted by atomic mass is 10.0. The number of unbranched alkanes of at least 4 members (excludes halogenated alkanes) is 2. The monoisotopic (exact) mass is 303 g/mol. The Bertz CT molecular complexity index is 520. The van der Waals surface area contributed by atoms with E-state index in [9.17, 15) is 9.59 Å². The molecule has 0 bridgehead atoms. The van der Waals surface area contributed by atoms with Gasteiger partial charge in [-0.1, -0.05) is 36.8 Å². The number of benzene rings is 1. The van der Waals surface area contributed by atoms with E-state index in [1.54, 1.807) is 0 Å².